The van der Waals surface area contributed by atoms with Gasteiger partial charge < -0.3 is 10.2 Å². The number of alkyl halides is 1. The first-order valence-corrected chi connectivity index (χ1v) is 8.05. The van der Waals surface area contributed by atoms with Crippen molar-refractivity contribution in [3.63, 3.8) is 0 Å². The van der Waals surface area contributed by atoms with E-state index in [9.17, 15) is 4.79 Å². The molecule has 3 nitrogen and oxygen atoms in total. The van der Waals surface area contributed by atoms with E-state index >= 15 is 0 Å². The highest BCUT2D eigenvalue weighted by molar-refractivity contribution is 6.19. The number of hydrogen-bond acceptors (Lipinski definition) is 2. The van der Waals surface area contributed by atoms with Gasteiger partial charge in [0.25, 0.3) is 0 Å². The molecule has 0 bridgehead atoms. The van der Waals surface area contributed by atoms with Crippen molar-refractivity contribution in [1.82, 2.24) is 10.2 Å². The number of hydrogen-bond donors (Lipinski definition) is 1. The number of halogens is 1. The first-order valence-electron chi connectivity index (χ1n) is 7.52. The van der Waals surface area contributed by atoms with E-state index in [2.05, 4.69) is 17.3 Å². The maximum atomic E-state index is 11.8. The van der Waals surface area contributed by atoms with Crippen LogP contribution in [0.1, 0.15) is 52.4 Å². The van der Waals surface area contributed by atoms with Gasteiger partial charge in [0.05, 0.1) is 5.41 Å². The summed E-state index contributed by atoms with van der Waals surface area (Å²) in [6.45, 7) is 5.56. The summed E-state index contributed by atoms with van der Waals surface area (Å²) < 4.78 is 0. The topological polar surface area (TPSA) is 32.3 Å². The second-order valence-electron chi connectivity index (χ2n) is 6.40. The minimum absolute atomic E-state index is 0.0582. The molecule has 0 unspecified atom stereocenters. The molecule has 0 saturated heterocycles. The normalized spacial score (nSPS) is 17.7. The lowest BCUT2D eigenvalue weighted by molar-refractivity contribution is -0.128. The minimum atomic E-state index is -0.461. The van der Waals surface area contributed by atoms with Gasteiger partial charge in [-0.15, -0.1) is 11.6 Å². The Labute approximate surface area is 123 Å². The molecule has 1 aliphatic rings. The van der Waals surface area contributed by atoms with Gasteiger partial charge in [-0.1, -0.05) is 19.3 Å². The smallest absolute Gasteiger partial charge is 0.226 e. The van der Waals surface area contributed by atoms with Crippen LogP contribution in [-0.2, 0) is 4.79 Å². The van der Waals surface area contributed by atoms with Gasteiger partial charge >= 0.3 is 0 Å². The largest absolute Gasteiger partial charge is 0.356 e. The Kier molecular flexibility index (Phi) is 7.16. The number of carbonyl (C=O) groups excluding carboxylic acids is 1. The van der Waals surface area contributed by atoms with E-state index in [1.807, 2.05) is 13.8 Å². The third kappa shape index (κ3) is 5.70. The van der Waals surface area contributed by atoms with Crippen LogP contribution in [0.5, 0.6) is 0 Å². The summed E-state index contributed by atoms with van der Waals surface area (Å²) >= 11 is 5.78. The first kappa shape index (κ1) is 16.8. The molecule has 1 amide bonds. The van der Waals surface area contributed by atoms with E-state index in [1.54, 1.807) is 0 Å². The van der Waals surface area contributed by atoms with Crippen LogP contribution in [0.4, 0.5) is 0 Å². The van der Waals surface area contributed by atoms with Gasteiger partial charge in [0.15, 0.2) is 0 Å². The molecule has 1 aliphatic carbocycles. The van der Waals surface area contributed by atoms with Gasteiger partial charge in [-0.25, -0.2) is 0 Å². The van der Waals surface area contributed by atoms with Crippen LogP contribution in [0.3, 0.4) is 0 Å². The minimum Gasteiger partial charge on any atom is -0.356 e. The maximum Gasteiger partial charge on any atom is 0.226 e. The van der Waals surface area contributed by atoms with E-state index in [0.29, 0.717) is 5.88 Å². The monoisotopic (exact) mass is 288 g/mol. The van der Waals surface area contributed by atoms with E-state index in [1.165, 1.54) is 32.1 Å². The van der Waals surface area contributed by atoms with Crippen LogP contribution in [0.15, 0.2) is 0 Å². The summed E-state index contributed by atoms with van der Waals surface area (Å²) in [6, 6.07) is 0.753. The average Bonchev–Trinajstić information content (AvgIpc) is 2.43. The third-order valence-corrected chi connectivity index (χ3v) is 4.79. The lowest BCUT2D eigenvalue weighted by atomic mass is 9.94. The fourth-order valence-corrected chi connectivity index (χ4v) is 2.66. The summed E-state index contributed by atoms with van der Waals surface area (Å²) in [7, 11) is 2.21. The molecule has 0 radical (unpaired) electrons. The number of carbonyl (C=O) groups is 1. The van der Waals surface area contributed by atoms with Crippen LogP contribution < -0.4 is 5.32 Å². The molecule has 0 spiro atoms. The molecule has 1 saturated carbocycles. The molecule has 0 aromatic rings. The van der Waals surface area contributed by atoms with E-state index in [-0.39, 0.29) is 5.91 Å². The molecule has 1 rings (SSSR count). The molecule has 0 heterocycles. The maximum absolute atomic E-state index is 11.8. The predicted molar refractivity (Wildman–Crippen MR) is 81.6 cm³/mol. The van der Waals surface area contributed by atoms with Gasteiger partial charge in [0, 0.05) is 18.5 Å². The number of nitrogens with one attached hydrogen (secondary N) is 1. The molecule has 4 heteroatoms. The van der Waals surface area contributed by atoms with Gasteiger partial charge in [0.2, 0.25) is 5.91 Å². The zero-order valence-electron chi connectivity index (χ0n) is 12.7. The van der Waals surface area contributed by atoms with Crippen molar-refractivity contribution in [3.8, 4) is 0 Å². The van der Waals surface area contributed by atoms with Gasteiger partial charge in [-0.2, -0.15) is 0 Å². The summed E-state index contributed by atoms with van der Waals surface area (Å²) in [5.41, 5.74) is -0.461. The Balaban J connectivity index is 2.14. The van der Waals surface area contributed by atoms with Crippen molar-refractivity contribution in [2.75, 3.05) is 26.0 Å². The fourth-order valence-electron chi connectivity index (χ4n) is 2.53. The van der Waals surface area contributed by atoms with Crippen LogP contribution in [0.25, 0.3) is 0 Å². The Morgan fingerprint density at radius 1 is 1.32 bits per heavy atom. The summed E-state index contributed by atoms with van der Waals surface area (Å²) in [6.07, 6.45) is 7.82. The summed E-state index contributed by atoms with van der Waals surface area (Å²) in [4.78, 5) is 14.3. The average molecular weight is 289 g/mol. The molecule has 0 atom stereocenters. The Hall–Kier alpha value is -0.280. The molecule has 112 valence electrons. The van der Waals surface area contributed by atoms with Crippen molar-refractivity contribution in [1.29, 1.82) is 0 Å². The highest BCUT2D eigenvalue weighted by Crippen LogP contribution is 2.21. The van der Waals surface area contributed by atoms with Crippen LogP contribution >= 0.6 is 11.6 Å². The quantitative estimate of drug-likeness (QED) is 0.577. The van der Waals surface area contributed by atoms with Crippen LogP contribution in [0, 0.1) is 5.41 Å². The summed E-state index contributed by atoms with van der Waals surface area (Å²) in [5, 5.41) is 2.98. The summed E-state index contributed by atoms with van der Waals surface area (Å²) in [5.74, 6) is 0.420. The Morgan fingerprint density at radius 3 is 2.53 bits per heavy atom. The number of rotatable bonds is 7. The Bertz CT molecular complexity index is 275. The van der Waals surface area contributed by atoms with E-state index in [0.717, 1.165) is 25.6 Å². The lowest BCUT2D eigenvalue weighted by Gasteiger charge is -2.31. The molecular formula is C15H29ClN2O. The first-order chi connectivity index (χ1) is 8.97. The highest BCUT2D eigenvalue weighted by atomic mass is 35.5. The molecule has 19 heavy (non-hydrogen) atoms. The van der Waals surface area contributed by atoms with Crippen molar-refractivity contribution in [3.05, 3.63) is 0 Å². The zero-order valence-corrected chi connectivity index (χ0v) is 13.4. The second-order valence-corrected chi connectivity index (χ2v) is 6.67. The predicted octanol–water partition coefficient (Wildman–Crippen LogP) is 3.02. The van der Waals surface area contributed by atoms with Crippen molar-refractivity contribution < 1.29 is 4.79 Å². The van der Waals surface area contributed by atoms with Crippen LogP contribution in [0.2, 0.25) is 0 Å². The number of amides is 1. The van der Waals surface area contributed by atoms with Gasteiger partial charge in [0.1, 0.15) is 0 Å². The van der Waals surface area contributed by atoms with Crippen molar-refractivity contribution in [2.24, 2.45) is 5.41 Å². The standard InChI is InChI=1S/C15H29ClN2O/c1-15(2,12-16)14(19)17-10-7-11-18(3)13-8-5-4-6-9-13/h13H,4-12H2,1-3H3,(H,17,19). The van der Waals surface area contributed by atoms with E-state index in [4.69, 9.17) is 11.6 Å². The van der Waals surface area contributed by atoms with Crippen molar-refractivity contribution in [2.45, 2.75) is 58.4 Å². The molecule has 0 aromatic heterocycles. The molecule has 1 N–H and O–H groups in total. The molecule has 0 aliphatic heterocycles. The third-order valence-electron chi connectivity index (χ3n) is 4.12. The fraction of sp³-hybridized carbons (Fsp3) is 0.933. The van der Waals surface area contributed by atoms with Crippen molar-refractivity contribution >= 4 is 17.5 Å². The lowest BCUT2D eigenvalue weighted by Crippen LogP contribution is -2.40. The number of nitrogens with zero attached hydrogens (tertiary/aromatic N) is 1. The van der Waals surface area contributed by atoms with Crippen LogP contribution in [-0.4, -0.2) is 42.9 Å². The molecule has 0 aromatic carbocycles. The highest BCUT2D eigenvalue weighted by Gasteiger charge is 2.25. The zero-order chi connectivity index (χ0) is 14.3. The molecule has 1 fully saturated rings. The second kappa shape index (κ2) is 8.11. The van der Waals surface area contributed by atoms with E-state index < -0.39 is 5.41 Å². The molecular weight excluding hydrogens is 260 g/mol. The van der Waals surface area contributed by atoms with Gasteiger partial charge in [-0.05, 0) is 46.7 Å². The Morgan fingerprint density at radius 2 is 1.95 bits per heavy atom. The SMILES string of the molecule is CN(CCCNC(=O)C(C)(C)CCl)C1CCCCC1. The van der Waals surface area contributed by atoms with Gasteiger partial charge in [-0.3, -0.25) is 4.79 Å².